The van der Waals surface area contributed by atoms with Crippen molar-refractivity contribution in [2.75, 3.05) is 7.05 Å². The van der Waals surface area contributed by atoms with Gasteiger partial charge in [0.15, 0.2) is 11.8 Å². The number of rotatable bonds is 1. The van der Waals surface area contributed by atoms with Gasteiger partial charge in [-0.05, 0) is 42.7 Å². The van der Waals surface area contributed by atoms with Crippen LogP contribution in [-0.2, 0) is 7.05 Å². The third-order valence-corrected chi connectivity index (χ3v) is 3.74. The molecule has 1 aromatic heterocycles. The maximum atomic E-state index is 2.33. The summed E-state index contributed by atoms with van der Waals surface area (Å²) in [6.45, 7) is 2.42. The number of nitrogens with zero attached hydrogens (tertiary/aromatic N) is 2. The van der Waals surface area contributed by atoms with Crippen LogP contribution in [0.2, 0.25) is 0 Å². The van der Waals surface area contributed by atoms with E-state index in [2.05, 4.69) is 85.2 Å². The van der Waals surface area contributed by atoms with Gasteiger partial charge >= 0.3 is 6.85 Å². The average Bonchev–Trinajstić information content (AvgIpc) is 2.38. The van der Waals surface area contributed by atoms with Crippen LogP contribution in [0, 0.1) is 6.92 Å². The lowest BCUT2D eigenvalue weighted by Gasteiger charge is -2.21. The van der Waals surface area contributed by atoms with E-state index in [4.69, 9.17) is 0 Å². The topological polar surface area (TPSA) is 7.12 Å². The number of benzene rings is 1. The molecule has 3 rings (SSSR count). The molecule has 0 aliphatic carbocycles. The maximum absolute atomic E-state index is 2.33. The molecule has 2 aromatic rings. The van der Waals surface area contributed by atoms with E-state index in [1.54, 1.807) is 0 Å². The first-order valence-electron chi connectivity index (χ1n) is 6.62. The fourth-order valence-electron chi connectivity index (χ4n) is 2.73. The molecule has 0 saturated heterocycles. The summed E-state index contributed by atoms with van der Waals surface area (Å²) in [5, 5.41) is 2.60. The van der Waals surface area contributed by atoms with Crippen molar-refractivity contribution in [2.24, 2.45) is 7.05 Å². The third kappa shape index (κ3) is 2.16. The second-order valence-corrected chi connectivity index (χ2v) is 5.28. The minimum atomic E-state index is 0.292. The molecular weight excluding hydrogens is 231 g/mol. The molecule has 1 aromatic carbocycles. The lowest BCUT2D eigenvalue weighted by Crippen LogP contribution is -2.60. The molecule has 2 nitrogen and oxygen atoms in total. The first kappa shape index (κ1) is 12.0. The minimum Gasteiger partial charge on any atom is -0.411 e. The van der Waals surface area contributed by atoms with Crippen LogP contribution in [0.15, 0.2) is 42.6 Å². The van der Waals surface area contributed by atoms with Crippen molar-refractivity contribution in [1.82, 2.24) is 4.81 Å². The molecule has 0 atom stereocenters. The smallest absolute Gasteiger partial charge is 0.396 e. The van der Waals surface area contributed by atoms with Gasteiger partial charge in [0.2, 0.25) is 0 Å². The third-order valence-electron chi connectivity index (χ3n) is 3.74. The Bertz CT molecular complexity index is 737. The van der Waals surface area contributed by atoms with Gasteiger partial charge in [0.05, 0.1) is 0 Å². The molecule has 1 aliphatic heterocycles. The van der Waals surface area contributed by atoms with Crippen molar-refractivity contribution in [3.63, 3.8) is 0 Å². The first-order valence-corrected chi connectivity index (χ1v) is 6.62. The highest BCUT2D eigenvalue weighted by molar-refractivity contribution is 6.82. The molecule has 0 unspecified atom stereocenters. The monoisotopic (exact) mass is 249 g/mol. The molecule has 0 spiro atoms. The van der Waals surface area contributed by atoms with Crippen LogP contribution in [0.1, 0.15) is 5.56 Å². The summed E-state index contributed by atoms with van der Waals surface area (Å²) in [7, 11) is 4.25. The van der Waals surface area contributed by atoms with E-state index in [1.165, 1.54) is 21.6 Å². The largest absolute Gasteiger partial charge is 0.411 e. The zero-order valence-electron chi connectivity index (χ0n) is 11.7. The number of aryl methyl sites for hydroxylation is 2. The zero-order valence-corrected chi connectivity index (χ0v) is 11.7. The van der Waals surface area contributed by atoms with E-state index in [0.29, 0.717) is 6.85 Å². The molecular formula is C16H18BN2+. The highest BCUT2D eigenvalue weighted by Gasteiger charge is 2.28. The Morgan fingerprint density at radius 3 is 2.53 bits per heavy atom. The summed E-state index contributed by atoms with van der Waals surface area (Å²) in [4.78, 5) is 2.27. The van der Waals surface area contributed by atoms with Gasteiger partial charge in [0.25, 0.3) is 0 Å². The Balaban J connectivity index is 2.14. The molecule has 94 valence electrons. The lowest BCUT2D eigenvalue weighted by atomic mass is 9.55. The molecule has 0 fully saturated rings. The van der Waals surface area contributed by atoms with Crippen molar-refractivity contribution in [2.45, 2.75) is 6.92 Å². The SMILES string of the molecule is Cc1ccc(B2C=c3ccccc3=CN2C)[n+](C)c1. The molecule has 1 aliphatic rings. The van der Waals surface area contributed by atoms with Crippen LogP contribution < -0.4 is 20.6 Å². The summed E-state index contributed by atoms with van der Waals surface area (Å²) >= 11 is 0. The van der Waals surface area contributed by atoms with Crippen molar-refractivity contribution in [1.29, 1.82) is 0 Å². The zero-order chi connectivity index (χ0) is 13.4. The second kappa shape index (κ2) is 4.58. The summed E-state index contributed by atoms with van der Waals surface area (Å²) < 4.78 is 2.22. The van der Waals surface area contributed by atoms with Gasteiger partial charge in [-0.25, -0.2) is 4.57 Å². The van der Waals surface area contributed by atoms with E-state index in [1.807, 2.05) is 0 Å². The van der Waals surface area contributed by atoms with Crippen LogP contribution in [0.5, 0.6) is 0 Å². The van der Waals surface area contributed by atoms with Crippen LogP contribution >= 0.6 is 0 Å². The van der Waals surface area contributed by atoms with Crippen LogP contribution in [0.25, 0.3) is 12.2 Å². The summed E-state index contributed by atoms with van der Waals surface area (Å²) in [6, 6.07) is 12.9. The number of aromatic nitrogens is 1. The van der Waals surface area contributed by atoms with Gasteiger partial charge in [0, 0.05) is 5.56 Å². The van der Waals surface area contributed by atoms with Gasteiger partial charge in [0.1, 0.15) is 7.05 Å². The van der Waals surface area contributed by atoms with Crippen molar-refractivity contribution in [3.05, 3.63) is 58.6 Å². The molecule has 0 saturated carbocycles. The number of hydrogen-bond acceptors (Lipinski definition) is 1. The normalized spacial score (nSPS) is 13.6. The predicted octanol–water partition coefficient (Wildman–Crippen LogP) is -0.279. The fourth-order valence-corrected chi connectivity index (χ4v) is 2.73. The second-order valence-electron chi connectivity index (χ2n) is 5.28. The molecule has 0 N–H and O–H groups in total. The van der Waals surface area contributed by atoms with Crippen LogP contribution in [0.3, 0.4) is 0 Å². The van der Waals surface area contributed by atoms with Crippen molar-refractivity contribution < 1.29 is 4.57 Å². The molecule has 3 heteroatoms. The highest BCUT2D eigenvalue weighted by Crippen LogP contribution is 1.98. The summed E-state index contributed by atoms with van der Waals surface area (Å²) in [6.07, 6.45) is 4.40. The predicted molar refractivity (Wildman–Crippen MR) is 80.1 cm³/mol. The Kier molecular flexibility index (Phi) is 2.90. The van der Waals surface area contributed by atoms with Gasteiger partial charge in [-0.15, -0.1) is 0 Å². The summed E-state index contributed by atoms with van der Waals surface area (Å²) in [5.74, 6) is 2.33. The standard InChI is InChI=1S/C16H18BN2/c1-13-8-9-16(18(2)11-13)17-10-14-6-4-5-7-15(14)12-19(17)3/h4-12H,1-3H3/q+1. The number of hydrogen-bond donors (Lipinski definition) is 0. The molecule has 0 radical (unpaired) electrons. The quantitative estimate of drug-likeness (QED) is 0.498. The molecule has 0 bridgehead atoms. The van der Waals surface area contributed by atoms with E-state index in [0.717, 1.165) is 0 Å². The van der Waals surface area contributed by atoms with Gasteiger partial charge in [-0.2, -0.15) is 0 Å². The van der Waals surface area contributed by atoms with Crippen LogP contribution in [0.4, 0.5) is 0 Å². The van der Waals surface area contributed by atoms with Gasteiger partial charge in [-0.3, -0.25) is 0 Å². The van der Waals surface area contributed by atoms with E-state index in [-0.39, 0.29) is 0 Å². The molecule has 2 heterocycles. The Hall–Kier alpha value is -2.03. The van der Waals surface area contributed by atoms with Gasteiger partial charge < -0.3 is 4.81 Å². The Morgan fingerprint density at radius 1 is 1.05 bits per heavy atom. The van der Waals surface area contributed by atoms with Crippen LogP contribution in [-0.4, -0.2) is 18.7 Å². The lowest BCUT2D eigenvalue weighted by molar-refractivity contribution is -0.654. The molecule has 0 amide bonds. The number of fused-ring (bicyclic) bond motifs is 1. The number of pyridine rings is 1. The van der Waals surface area contributed by atoms with Crippen molar-refractivity contribution >= 4 is 24.6 Å². The molecule has 19 heavy (non-hydrogen) atoms. The van der Waals surface area contributed by atoms with Crippen molar-refractivity contribution in [3.8, 4) is 0 Å². The fraction of sp³-hybridized carbons (Fsp3) is 0.188. The van der Waals surface area contributed by atoms with E-state index in [9.17, 15) is 0 Å². The summed E-state index contributed by atoms with van der Waals surface area (Å²) in [5.41, 5.74) is 2.59. The maximum Gasteiger partial charge on any atom is 0.396 e. The van der Waals surface area contributed by atoms with Gasteiger partial charge in [-0.1, -0.05) is 30.2 Å². The van der Waals surface area contributed by atoms with E-state index < -0.39 is 0 Å². The first-order chi connectivity index (χ1) is 9.15. The Labute approximate surface area is 114 Å². The van der Waals surface area contributed by atoms with E-state index >= 15 is 0 Å². The minimum absolute atomic E-state index is 0.292. The highest BCUT2D eigenvalue weighted by atomic mass is 15.0. The Morgan fingerprint density at radius 2 is 1.79 bits per heavy atom. The average molecular weight is 249 g/mol.